The van der Waals surface area contributed by atoms with Crippen molar-refractivity contribution in [2.75, 3.05) is 31.1 Å². The Morgan fingerprint density at radius 2 is 1.75 bits per heavy atom. The first-order chi connectivity index (χ1) is 11.5. The quantitative estimate of drug-likeness (QED) is 0.852. The molecule has 1 atom stereocenters. The highest BCUT2D eigenvalue weighted by molar-refractivity contribution is 6.43. The number of hydrogen-bond donors (Lipinski definition) is 1. The zero-order chi connectivity index (χ0) is 17.1. The topological polar surface area (TPSA) is 32.5 Å². The monoisotopic (exact) mass is 369 g/mol. The molecule has 0 bridgehead atoms. The van der Waals surface area contributed by atoms with Crippen LogP contribution in [0.4, 0.5) is 5.69 Å². The Hall–Kier alpha value is -0.480. The smallest absolute Gasteiger partial charge is 0.0825 e. The van der Waals surface area contributed by atoms with Crippen LogP contribution in [0.5, 0.6) is 0 Å². The maximum absolute atomic E-state index is 6.37. The molecular formula is C19H29Cl2N3. The maximum Gasteiger partial charge on any atom is 0.0825 e. The van der Waals surface area contributed by atoms with E-state index in [2.05, 4.69) is 22.8 Å². The zero-order valence-corrected chi connectivity index (χ0v) is 16.1. The molecule has 1 aliphatic heterocycles. The van der Waals surface area contributed by atoms with E-state index in [-0.39, 0.29) is 0 Å². The van der Waals surface area contributed by atoms with Crippen LogP contribution in [-0.4, -0.2) is 43.2 Å². The van der Waals surface area contributed by atoms with Crippen molar-refractivity contribution < 1.29 is 0 Å². The van der Waals surface area contributed by atoms with Gasteiger partial charge in [-0.1, -0.05) is 29.3 Å². The number of piperazine rings is 1. The maximum atomic E-state index is 6.37. The van der Waals surface area contributed by atoms with Gasteiger partial charge in [0.1, 0.15) is 0 Å². The predicted octanol–water partition coefficient (Wildman–Crippen LogP) is 4.41. The summed E-state index contributed by atoms with van der Waals surface area (Å²) in [7, 11) is 0. The summed E-state index contributed by atoms with van der Waals surface area (Å²) in [6.45, 7) is 6.60. The van der Waals surface area contributed by atoms with Crippen molar-refractivity contribution in [3.8, 4) is 0 Å². The summed E-state index contributed by atoms with van der Waals surface area (Å²) in [6, 6.07) is 7.00. The van der Waals surface area contributed by atoms with Crippen LogP contribution in [0.1, 0.15) is 39.0 Å². The van der Waals surface area contributed by atoms with Crippen molar-refractivity contribution in [2.45, 2.75) is 51.1 Å². The van der Waals surface area contributed by atoms with Crippen LogP contribution in [0, 0.1) is 5.92 Å². The molecule has 1 saturated heterocycles. The van der Waals surface area contributed by atoms with Gasteiger partial charge in [-0.05, 0) is 57.1 Å². The molecule has 1 unspecified atom stereocenters. The van der Waals surface area contributed by atoms with Crippen molar-refractivity contribution >= 4 is 28.9 Å². The van der Waals surface area contributed by atoms with Gasteiger partial charge in [0.15, 0.2) is 0 Å². The van der Waals surface area contributed by atoms with Crippen LogP contribution < -0.4 is 10.6 Å². The van der Waals surface area contributed by atoms with Crippen LogP contribution in [-0.2, 0) is 0 Å². The molecule has 134 valence electrons. The molecule has 1 aliphatic carbocycles. The van der Waals surface area contributed by atoms with Crippen molar-refractivity contribution in [2.24, 2.45) is 11.7 Å². The van der Waals surface area contributed by atoms with E-state index in [9.17, 15) is 0 Å². The van der Waals surface area contributed by atoms with Gasteiger partial charge in [-0.2, -0.15) is 0 Å². The van der Waals surface area contributed by atoms with E-state index < -0.39 is 0 Å². The van der Waals surface area contributed by atoms with Gasteiger partial charge in [-0.3, -0.25) is 4.90 Å². The minimum atomic E-state index is 0.447. The molecule has 3 rings (SSSR count). The standard InChI is InChI=1S/C19H29Cl2N3/c1-14(13-15-5-7-16(22)8-6-15)23-9-11-24(12-10-23)18-4-2-3-17(20)19(18)21/h2-4,14-16H,5-13,22H2,1H3/t14?,15-,16-. The molecule has 3 nitrogen and oxygen atoms in total. The van der Waals surface area contributed by atoms with Gasteiger partial charge in [0, 0.05) is 38.3 Å². The fourth-order valence-electron chi connectivity index (χ4n) is 4.20. The summed E-state index contributed by atoms with van der Waals surface area (Å²) in [5, 5.41) is 1.32. The largest absolute Gasteiger partial charge is 0.368 e. The Bertz CT molecular complexity index is 535. The Morgan fingerprint density at radius 1 is 1.08 bits per heavy atom. The minimum Gasteiger partial charge on any atom is -0.368 e. The molecule has 2 N–H and O–H groups in total. The van der Waals surface area contributed by atoms with Gasteiger partial charge in [0.05, 0.1) is 15.7 Å². The lowest BCUT2D eigenvalue weighted by molar-refractivity contribution is 0.157. The lowest BCUT2D eigenvalue weighted by Crippen LogP contribution is -2.50. The molecule has 1 heterocycles. The number of nitrogens with two attached hydrogens (primary N) is 1. The fraction of sp³-hybridized carbons (Fsp3) is 0.684. The SMILES string of the molecule is CC(C[C@H]1CC[C@H](N)CC1)N1CCN(c2cccc(Cl)c2Cl)CC1. The van der Waals surface area contributed by atoms with Gasteiger partial charge in [0.25, 0.3) is 0 Å². The second kappa shape index (κ2) is 8.27. The summed E-state index contributed by atoms with van der Waals surface area (Å²) in [6.07, 6.45) is 6.34. The number of rotatable bonds is 4. The summed E-state index contributed by atoms with van der Waals surface area (Å²) in [5.74, 6) is 0.861. The molecule has 1 saturated carbocycles. The third-order valence-electron chi connectivity index (χ3n) is 5.78. The summed E-state index contributed by atoms with van der Waals surface area (Å²) in [4.78, 5) is 4.99. The van der Waals surface area contributed by atoms with Crippen LogP contribution in [0.3, 0.4) is 0 Å². The Balaban J connectivity index is 1.50. The first kappa shape index (κ1) is 18.3. The molecule has 5 heteroatoms. The number of anilines is 1. The van der Waals surface area contributed by atoms with Crippen LogP contribution in [0.25, 0.3) is 0 Å². The van der Waals surface area contributed by atoms with Gasteiger partial charge in [-0.15, -0.1) is 0 Å². The van der Waals surface area contributed by atoms with Gasteiger partial charge in [0.2, 0.25) is 0 Å². The lowest BCUT2D eigenvalue weighted by Gasteiger charge is -2.41. The molecule has 24 heavy (non-hydrogen) atoms. The van der Waals surface area contributed by atoms with Crippen molar-refractivity contribution in [3.63, 3.8) is 0 Å². The van der Waals surface area contributed by atoms with E-state index >= 15 is 0 Å². The molecule has 0 spiro atoms. The summed E-state index contributed by atoms with van der Waals surface area (Å²) < 4.78 is 0. The third kappa shape index (κ3) is 4.37. The van der Waals surface area contributed by atoms with Gasteiger partial charge in [-0.25, -0.2) is 0 Å². The second-order valence-electron chi connectivity index (χ2n) is 7.46. The molecule has 1 aromatic rings. The number of nitrogens with zero attached hydrogens (tertiary/aromatic N) is 2. The van der Waals surface area contributed by atoms with E-state index in [1.54, 1.807) is 0 Å². The number of hydrogen-bond acceptors (Lipinski definition) is 3. The average Bonchev–Trinajstić information content (AvgIpc) is 2.59. The fourth-order valence-corrected chi connectivity index (χ4v) is 4.61. The normalized spacial score (nSPS) is 27.2. The first-order valence-corrected chi connectivity index (χ1v) is 9.98. The Labute approximate surface area is 156 Å². The molecule has 2 fully saturated rings. The van der Waals surface area contributed by atoms with Crippen molar-refractivity contribution in [1.29, 1.82) is 0 Å². The zero-order valence-electron chi connectivity index (χ0n) is 14.6. The van der Waals surface area contributed by atoms with Crippen LogP contribution >= 0.6 is 23.2 Å². The predicted molar refractivity (Wildman–Crippen MR) is 104 cm³/mol. The number of benzene rings is 1. The first-order valence-electron chi connectivity index (χ1n) is 9.23. The van der Waals surface area contributed by atoms with E-state index in [4.69, 9.17) is 28.9 Å². The highest BCUT2D eigenvalue weighted by atomic mass is 35.5. The molecule has 0 radical (unpaired) electrons. The van der Waals surface area contributed by atoms with Crippen LogP contribution in [0.15, 0.2) is 18.2 Å². The van der Waals surface area contributed by atoms with Crippen LogP contribution in [0.2, 0.25) is 10.0 Å². The minimum absolute atomic E-state index is 0.447. The van der Waals surface area contributed by atoms with Crippen molar-refractivity contribution in [1.82, 2.24) is 4.90 Å². The second-order valence-corrected chi connectivity index (χ2v) is 8.25. The molecular weight excluding hydrogens is 341 g/mol. The highest BCUT2D eigenvalue weighted by Crippen LogP contribution is 2.33. The molecule has 0 amide bonds. The highest BCUT2D eigenvalue weighted by Gasteiger charge is 2.26. The summed E-state index contributed by atoms with van der Waals surface area (Å²) in [5.41, 5.74) is 7.10. The molecule has 2 aliphatic rings. The van der Waals surface area contributed by atoms with Gasteiger partial charge >= 0.3 is 0 Å². The summed E-state index contributed by atoms with van der Waals surface area (Å²) >= 11 is 12.5. The third-order valence-corrected chi connectivity index (χ3v) is 6.58. The lowest BCUT2D eigenvalue weighted by atomic mass is 9.82. The van der Waals surface area contributed by atoms with E-state index in [0.29, 0.717) is 22.1 Å². The van der Waals surface area contributed by atoms with E-state index in [0.717, 1.165) is 37.8 Å². The molecule has 1 aromatic carbocycles. The average molecular weight is 370 g/mol. The molecule has 0 aromatic heterocycles. The Morgan fingerprint density at radius 3 is 2.42 bits per heavy atom. The Kier molecular flexibility index (Phi) is 6.31. The van der Waals surface area contributed by atoms with E-state index in [1.165, 1.54) is 32.1 Å². The number of halogens is 2. The van der Waals surface area contributed by atoms with E-state index in [1.807, 2.05) is 12.1 Å². The van der Waals surface area contributed by atoms with Crippen molar-refractivity contribution in [3.05, 3.63) is 28.2 Å². The van der Waals surface area contributed by atoms with Gasteiger partial charge < -0.3 is 10.6 Å².